The number of pyridine rings is 1. The molecule has 1 N–H and O–H groups in total. The Morgan fingerprint density at radius 1 is 1.00 bits per heavy atom. The van der Waals surface area contributed by atoms with E-state index in [4.69, 9.17) is 4.74 Å². The van der Waals surface area contributed by atoms with Gasteiger partial charge in [0.25, 0.3) is 0 Å². The Bertz CT molecular complexity index is 1310. The number of fused-ring (bicyclic) bond motifs is 1. The number of piperazine rings is 1. The Balaban J connectivity index is 1.54. The van der Waals surface area contributed by atoms with E-state index < -0.39 is 0 Å². The zero-order valence-electron chi connectivity index (χ0n) is 19.3. The summed E-state index contributed by atoms with van der Waals surface area (Å²) in [5, 5.41) is 0.840. The fraction of sp³-hybridized carbons (Fsp3) is 0.259. The molecule has 5 rings (SSSR count). The number of esters is 1. The average Bonchev–Trinajstić information content (AvgIpc) is 3.23. The number of halogens is 1. The van der Waals surface area contributed by atoms with Crippen LogP contribution in [0, 0.1) is 5.82 Å². The average molecular weight is 459 g/mol. The Morgan fingerprint density at radius 2 is 1.76 bits per heavy atom. The fourth-order valence-corrected chi connectivity index (χ4v) is 4.62. The van der Waals surface area contributed by atoms with Crippen LogP contribution in [0.5, 0.6) is 5.75 Å². The number of carbonyl (C=O) groups excluding carboxylic acids is 1. The molecule has 34 heavy (non-hydrogen) atoms. The van der Waals surface area contributed by atoms with Crippen LogP contribution in [0.1, 0.15) is 24.1 Å². The number of rotatable bonds is 5. The third-order valence-corrected chi connectivity index (χ3v) is 6.39. The molecule has 2 aromatic heterocycles. The van der Waals surface area contributed by atoms with Gasteiger partial charge in [-0.05, 0) is 54.1 Å². The van der Waals surface area contributed by atoms with Crippen molar-refractivity contribution in [2.75, 3.05) is 33.2 Å². The Labute approximate surface area is 198 Å². The van der Waals surface area contributed by atoms with E-state index in [0.29, 0.717) is 5.75 Å². The van der Waals surface area contributed by atoms with E-state index in [1.54, 1.807) is 6.20 Å². The molecule has 0 amide bonds. The van der Waals surface area contributed by atoms with Crippen LogP contribution in [-0.2, 0) is 4.79 Å². The van der Waals surface area contributed by atoms with E-state index >= 15 is 0 Å². The number of H-pyrrole nitrogens is 1. The quantitative estimate of drug-likeness (QED) is 0.442. The summed E-state index contributed by atoms with van der Waals surface area (Å²) in [5.74, 6) is -0.0875. The van der Waals surface area contributed by atoms with Gasteiger partial charge in [0.1, 0.15) is 5.82 Å². The first-order valence-corrected chi connectivity index (χ1v) is 11.4. The number of nitrogens with zero attached hydrogens (tertiary/aromatic N) is 3. The fourth-order valence-electron chi connectivity index (χ4n) is 4.62. The molecular weight excluding hydrogens is 431 g/mol. The minimum atomic E-state index is -0.357. The van der Waals surface area contributed by atoms with Gasteiger partial charge in [0.05, 0.1) is 6.04 Å². The van der Waals surface area contributed by atoms with Gasteiger partial charge in [-0.2, -0.15) is 0 Å². The van der Waals surface area contributed by atoms with Gasteiger partial charge < -0.3 is 14.6 Å². The third-order valence-electron chi connectivity index (χ3n) is 6.39. The highest BCUT2D eigenvalue weighted by Gasteiger charge is 2.26. The summed E-state index contributed by atoms with van der Waals surface area (Å²) in [6, 6.07) is 14.9. The molecule has 1 saturated heterocycles. The van der Waals surface area contributed by atoms with Gasteiger partial charge in [-0.1, -0.05) is 18.2 Å². The minimum Gasteiger partial charge on any atom is -0.424 e. The maximum Gasteiger partial charge on any atom is 0.308 e. The van der Waals surface area contributed by atoms with Crippen LogP contribution in [-0.4, -0.2) is 59.0 Å². The predicted octanol–water partition coefficient (Wildman–Crippen LogP) is 4.63. The van der Waals surface area contributed by atoms with Gasteiger partial charge in [-0.3, -0.25) is 14.7 Å². The van der Waals surface area contributed by atoms with Gasteiger partial charge in [0.2, 0.25) is 0 Å². The maximum atomic E-state index is 13.7. The lowest BCUT2D eigenvalue weighted by Crippen LogP contribution is -2.46. The van der Waals surface area contributed by atoms with Crippen molar-refractivity contribution in [3.05, 3.63) is 84.1 Å². The molecule has 0 spiro atoms. The standard InChI is InChI=1S/C27H27FN4O2/c1-18(33)34-26-17-30-25-8-5-20(14-24(25)26)21-13-22(16-29-15-21)27(19-3-6-23(28)7-4-19)32-11-9-31(2)10-12-32/h3-8,13-17,27,30H,9-12H2,1-2H3. The maximum absolute atomic E-state index is 13.7. The minimum absolute atomic E-state index is 0.0191. The zero-order chi connectivity index (χ0) is 23.7. The van der Waals surface area contributed by atoms with E-state index in [1.807, 2.05) is 42.7 Å². The van der Waals surface area contributed by atoms with Crippen molar-refractivity contribution in [2.24, 2.45) is 0 Å². The summed E-state index contributed by atoms with van der Waals surface area (Å²) < 4.78 is 19.0. The largest absolute Gasteiger partial charge is 0.424 e. The molecular formula is C27H27FN4O2. The van der Waals surface area contributed by atoms with Gasteiger partial charge in [0.15, 0.2) is 5.75 Å². The van der Waals surface area contributed by atoms with E-state index in [2.05, 4.69) is 32.9 Å². The molecule has 4 aromatic rings. The molecule has 1 aliphatic rings. The highest BCUT2D eigenvalue weighted by atomic mass is 19.1. The number of hydrogen-bond donors (Lipinski definition) is 1. The molecule has 0 saturated carbocycles. The van der Waals surface area contributed by atoms with E-state index in [9.17, 15) is 9.18 Å². The van der Waals surface area contributed by atoms with Crippen molar-refractivity contribution in [3.8, 4) is 16.9 Å². The molecule has 1 unspecified atom stereocenters. The number of likely N-dealkylation sites (N-methyl/N-ethyl adjacent to an activating group) is 1. The van der Waals surface area contributed by atoms with Crippen LogP contribution in [0.25, 0.3) is 22.0 Å². The molecule has 174 valence electrons. The molecule has 0 radical (unpaired) electrons. The molecule has 3 heterocycles. The van der Waals surface area contributed by atoms with Crippen molar-refractivity contribution in [1.29, 1.82) is 0 Å². The normalized spacial score (nSPS) is 16.0. The van der Waals surface area contributed by atoms with Crippen molar-refractivity contribution < 1.29 is 13.9 Å². The van der Waals surface area contributed by atoms with Crippen LogP contribution < -0.4 is 4.74 Å². The molecule has 7 heteroatoms. The number of hydrogen-bond acceptors (Lipinski definition) is 5. The van der Waals surface area contributed by atoms with Gasteiger partial charge in [0, 0.05) is 68.2 Å². The highest BCUT2D eigenvalue weighted by Crippen LogP contribution is 2.34. The predicted molar refractivity (Wildman–Crippen MR) is 130 cm³/mol. The second kappa shape index (κ2) is 9.37. The second-order valence-electron chi connectivity index (χ2n) is 8.81. The third kappa shape index (κ3) is 4.58. The summed E-state index contributed by atoms with van der Waals surface area (Å²) in [7, 11) is 2.13. The first-order chi connectivity index (χ1) is 16.5. The van der Waals surface area contributed by atoms with Gasteiger partial charge >= 0.3 is 5.97 Å². The van der Waals surface area contributed by atoms with Crippen LogP contribution >= 0.6 is 0 Å². The van der Waals surface area contributed by atoms with Crippen LogP contribution in [0.3, 0.4) is 0 Å². The number of aromatic amines is 1. The summed E-state index contributed by atoms with van der Waals surface area (Å²) in [5.41, 5.74) is 4.94. The van der Waals surface area contributed by atoms with Crippen molar-refractivity contribution in [2.45, 2.75) is 13.0 Å². The van der Waals surface area contributed by atoms with Crippen LogP contribution in [0.15, 0.2) is 67.1 Å². The molecule has 0 bridgehead atoms. The van der Waals surface area contributed by atoms with Gasteiger partial charge in [-0.25, -0.2) is 4.39 Å². The lowest BCUT2D eigenvalue weighted by atomic mass is 9.95. The second-order valence-corrected chi connectivity index (χ2v) is 8.81. The summed E-state index contributed by atoms with van der Waals surface area (Å²) in [6.07, 6.45) is 5.44. The Morgan fingerprint density at radius 3 is 2.50 bits per heavy atom. The topological polar surface area (TPSA) is 61.5 Å². The van der Waals surface area contributed by atoms with E-state index in [1.165, 1.54) is 19.1 Å². The molecule has 2 aromatic carbocycles. The zero-order valence-corrected chi connectivity index (χ0v) is 19.3. The van der Waals surface area contributed by atoms with Crippen LogP contribution in [0.4, 0.5) is 4.39 Å². The SMILES string of the molecule is CC(=O)Oc1c[nH]c2ccc(-c3cncc(C(c4ccc(F)cc4)N4CCN(C)CC4)c3)cc12. The van der Waals surface area contributed by atoms with Crippen molar-refractivity contribution in [1.82, 2.24) is 19.8 Å². The highest BCUT2D eigenvalue weighted by molar-refractivity contribution is 5.92. The number of ether oxygens (including phenoxy) is 1. The van der Waals surface area contributed by atoms with Gasteiger partial charge in [-0.15, -0.1) is 0 Å². The molecule has 1 aliphatic heterocycles. The molecule has 0 aliphatic carbocycles. The number of benzene rings is 2. The van der Waals surface area contributed by atoms with Crippen LogP contribution in [0.2, 0.25) is 0 Å². The molecule has 1 fully saturated rings. The van der Waals surface area contributed by atoms with E-state index in [-0.39, 0.29) is 17.8 Å². The first kappa shape index (κ1) is 22.3. The Hall–Kier alpha value is -3.55. The lowest BCUT2D eigenvalue weighted by Gasteiger charge is -2.38. The molecule has 6 nitrogen and oxygen atoms in total. The number of aromatic nitrogens is 2. The van der Waals surface area contributed by atoms with E-state index in [0.717, 1.165) is 59.3 Å². The molecule has 1 atom stereocenters. The summed E-state index contributed by atoms with van der Waals surface area (Å²) in [4.78, 5) is 23.9. The number of carbonyl (C=O) groups is 1. The van der Waals surface area contributed by atoms with Crippen molar-refractivity contribution >= 4 is 16.9 Å². The van der Waals surface area contributed by atoms with Crippen molar-refractivity contribution in [3.63, 3.8) is 0 Å². The summed E-state index contributed by atoms with van der Waals surface area (Å²) in [6.45, 7) is 5.19. The first-order valence-electron chi connectivity index (χ1n) is 11.4. The number of nitrogens with one attached hydrogen (secondary N) is 1. The monoisotopic (exact) mass is 458 g/mol. The smallest absolute Gasteiger partial charge is 0.308 e. The summed E-state index contributed by atoms with van der Waals surface area (Å²) >= 11 is 0. The lowest BCUT2D eigenvalue weighted by molar-refractivity contribution is -0.131. The Kier molecular flexibility index (Phi) is 6.13.